The lowest BCUT2D eigenvalue weighted by Crippen LogP contribution is -2.30. The van der Waals surface area contributed by atoms with Crippen LogP contribution in [0, 0.1) is 5.92 Å². The molecule has 1 aromatic carbocycles. The van der Waals surface area contributed by atoms with Crippen LogP contribution >= 0.6 is 0 Å². The highest BCUT2D eigenvalue weighted by Crippen LogP contribution is 2.30. The molecule has 0 atom stereocenters. The lowest BCUT2D eigenvalue weighted by molar-refractivity contribution is -0.119. The lowest BCUT2D eigenvalue weighted by atomic mass is 9.97. The maximum Gasteiger partial charge on any atom is 0.239 e. The molecule has 3 N–H and O–H groups in total. The second-order valence-electron chi connectivity index (χ2n) is 6.90. The standard InChI is InChI=1S/C20H27N3O2/c24-19(21-13-12-15-4-2-1-3-5-15)14-22-17-8-10-18(11-9-17)23-20(25)16-6-7-16/h4,8-11,16,22H,1-3,5-7,12-14H2,(H,21,24)(H,23,25). The van der Waals surface area contributed by atoms with E-state index in [1.807, 2.05) is 24.3 Å². The Balaban J connectivity index is 1.33. The second-order valence-corrected chi connectivity index (χ2v) is 6.90. The summed E-state index contributed by atoms with van der Waals surface area (Å²) in [5.41, 5.74) is 3.14. The molecule has 0 aliphatic heterocycles. The van der Waals surface area contributed by atoms with Crippen LogP contribution in [0.1, 0.15) is 44.9 Å². The molecule has 0 unspecified atom stereocenters. The predicted octanol–water partition coefficient (Wildman–Crippen LogP) is 3.45. The molecule has 5 heteroatoms. The van der Waals surface area contributed by atoms with Gasteiger partial charge in [0.05, 0.1) is 6.54 Å². The molecular formula is C20H27N3O2. The number of benzene rings is 1. The Bertz CT molecular complexity index is 633. The second kappa shape index (κ2) is 8.70. The van der Waals surface area contributed by atoms with Crippen molar-refractivity contribution in [2.75, 3.05) is 23.7 Å². The zero-order valence-corrected chi connectivity index (χ0v) is 14.6. The predicted molar refractivity (Wildman–Crippen MR) is 100 cm³/mol. The molecule has 0 radical (unpaired) electrons. The highest BCUT2D eigenvalue weighted by molar-refractivity contribution is 5.94. The van der Waals surface area contributed by atoms with Gasteiger partial charge in [0.1, 0.15) is 0 Å². The first-order chi connectivity index (χ1) is 12.2. The zero-order valence-electron chi connectivity index (χ0n) is 14.6. The summed E-state index contributed by atoms with van der Waals surface area (Å²) in [7, 11) is 0. The van der Waals surface area contributed by atoms with E-state index in [4.69, 9.17) is 0 Å². The number of allylic oxidation sites excluding steroid dienone is 1. The van der Waals surface area contributed by atoms with Crippen molar-refractivity contribution in [3.63, 3.8) is 0 Å². The van der Waals surface area contributed by atoms with Gasteiger partial charge < -0.3 is 16.0 Å². The Morgan fingerprint density at radius 1 is 1.04 bits per heavy atom. The number of anilines is 2. The molecule has 5 nitrogen and oxygen atoms in total. The third-order valence-electron chi connectivity index (χ3n) is 4.71. The zero-order chi connectivity index (χ0) is 17.5. The van der Waals surface area contributed by atoms with E-state index in [0.29, 0.717) is 6.54 Å². The number of nitrogens with one attached hydrogen (secondary N) is 3. The number of carbonyl (C=O) groups excluding carboxylic acids is 2. The first-order valence-electron chi connectivity index (χ1n) is 9.30. The van der Waals surface area contributed by atoms with Gasteiger partial charge in [0.15, 0.2) is 0 Å². The van der Waals surface area contributed by atoms with Crippen molar-refractivity contribution in [1.82, 2.24) is 5.32 Å². The van der Waals surface area contributed by atoms with E-state index < -0.39 is 0 Å². The quantitative estimate of drug-likeness (QED) is 0.634. The Kier molecular flexibility index (Phi) is 6.09. The summed E-state index contributed by atoms with van der Waals surface area (Å²) in [4.78, 5) is 23.6. The number of carbonyl (C=O) groups is 2. The van der Waals surface area contributed by atoms with E-state index in [1.54, 1.807) is 0 Å². The van der Waals surface area contributed by atoms with Crippen molar-refractivity contribution in [2.45, 2.75) is 44.9 Å². The van der Waals surface area contributed by atoms with Crippen molar-refractivity contribution in [3.05, 3.63) is 35.9 Å². The molecule has 1 fully saturated rings. The summed E-state index contributed by atoms with van der Waals surface area (Å²) in [6.45, 7) is 0.964. The topological polar surface area (TPSA) is 70.2 Å². The van der Waals surface area contributed by atoms with Crippen molar-refractivity contribution in [1.29, 1.82) is 0 Å². The molecule has 1 saturated carbocycles. The number of hydrogen-bond acceptors (Lipinski definition) is 3. The molecule has 0 bridgehead atoms. The minimum atomic E-state index is 0.00234. The summed E-state index contributed by atoms with van der Waals surface area (Å²) >= 11 is 0. The van der Waals surface area contributed by atoms with Crippen LogP contribution in [0.25, 0.3) is 0 Å². The molecule has 3 rings (SSSR count). The van der Waals surface area contributed by atoms with Crippen molar-refractivity contribution in [2.24, 2.45) is 5.92 Å². The maximum atomic E-state index is 11.9. The van der Waals surface area contributed by atoms with Gasteiger partial charge in [-0.2, -0.15) is 0 Å². The fourth-order valence-electron chi connectivity index (χ4n) is 3.00. The van der Waals surface area contributed by atoms with Crippen molar-refractivity contribution < 1.29 is 9.59 Å². The monoisotopic (exact) mass is 341 g/mol. The summed E-state index contributed by atoms with van der Waals surface area (Å²) in [6, 6.07) is 7.47. The molecule has 0 saturated heterocycles. The minimum absolute atomic E-state index is 0.00234. The fraction of sp³-hybridized carbons (Fsp3) is 0.500. The Morgan fingerprint density at radius 3 is 2.48 bits per heavy atom. The minimum Gasteiger partial charge on any atom is -0.376 e. The van der Waals surface area contributed by atoms with Crippen molar-refractivity contribution in [3.8, 4) is 0 Å². The van der Waals surface area contributed by atoms with Crippen LogP contribution in [0.5, 0.6) is 0 Å². The van der Waals surface area contributed by atoms with Gasteiger partial charge in [-0.1, -0.05) is 11.6 Å². The van der Waals surface area contributed by atoms with Gasteiger partial charge in [-0.15, -0.1) is 0 Å². The summed E-state index contributed by atoms with van der Waals surface area (Å²) < 4.78 is 0. The van der Waals surface area contributed by atoms with Gasteiger partial charge >= 0.3 is 0 Å². The van der Waals surface area contributed by atoms with Crippen LogP contribution in [-0.2, 0) is 9.59 Å². The van der Waals surface area contributed by atoms with Crippen molar-refractivity contribution >= 4 is 23.2 Å². The molecule has 0 aromatic heterocycles. The van der Waals surface area contributed by atoms with Crippen LogP contribution in [0.15, 0.2) is 35.9 Å². The molecule has 25 heavy (non-hydrogen) atoms. The smallest absolute Gasteiger partial charge is 0.239 e. The highest BCUT2D eigenvalue weighted by Gasteiger charge is 2.29. The van der Waals surface area contributed by atoms with Gasteiger partial charge in [-0.3, -0.25) is 9.59 Å². The van der Waals surface area contributed by atoms with Crippen LogP contribution in [0.3, 0.4) is 0 Å². The maximum absolute atomic E-state index is 11.9. The van der Waals surface area contributed by atoms with E-state index in [1.165, 1.54) is 31.3 Å². The fourth-order valence-corrected chi connectivity index (χ4v) is 3.00. The van der Waals surface area contributed by atoms with Crippen LogP contribution < -0.4 is 16.0 Å². The first kappa shape index (κ1) is 17.5. The number of amides is 2. The van der Waals surface area contributed by atoms with Crippen LogP contribution in [-0.4, -0.2) is 24.9 Å². The number of rotatable bonds is 8. The highest BCUT2D eigenvalue weighted by atomic mass is 16.2. The molecule has 0 heterocycles. The molecule has 2 amide bonds. The summed E-state index contributed by atoms with van der Waals surface area (Å²) in [6.07, 6.45) is 10.2. The average molecular weight is 341 g/mol. The van der Waals surface area contributed by atoms with Gasteiger partial charge in [0.2, 0.25) is 11.8 Å². The Morgan fingerprint density at radius 2 is 1.80 bits per heavy atom. The molecule has 1 aromatic rings. The molecule has 2 aliphatic carbocycles. The molecular weight excluding hydrogens is 314 g/mol. The van der Waals surface area contributed by atoms with Crippen LogP contribution in [0.4, 0.5) is 11.4 Å². The third-order valence-corrected chi connectivity index (χ3v) is 4.71. The van der Waals surface area contributed by atoms with E-state index in [-0.39, 0.29) is 24.3 Å². The van der Waals surface area contributed by atoms with Gasteiger partial charge in [0, 0.05) is 23.8 Å². The van der Waals surface area contributed by atoms with E-state index in [9.17, 15) is 9.59 Å². The Hall–Kier alpha value is -2.30. The molecule has 2 aliphatic rings. The summed E-state index contributed by atoms with van der Waals surface area (Å²) in [5, 5.41) is 8.97. The van der Waals surface area contributed by atoms with Gasteiger partial charge in [-0.05, 0) is 69.2 Å². The lowest BCUT2D eigenvalue weighted by Gasteiger charge is -2.13. The average Bonchev–Trinajstić information content (AvgIpc) is 3.47. The van der Waals surface area contributed by atoms with E-state index in [2.05, 4.69) is 22.0 Å². The van der Waals surface area contributed by atoms with Gasteiger partial charge in [0.25, 0.3) is 0 Å². The molecule has 0 spiro atoms. The SMILES string of the molecule is O=C(CNc1ccc(NC(=O)C2CC2)cc1)NCCC1=CCCCC1. The van der Waals surface area contributed by atoms with Gasteiger partial charge in [-0.25, -0.2) is 0 Å². The van der Waals surface area contributed by atoms with Crippen LogP contribution in [0.2, 0.25) is 0 Å². The third kappa shape index (κ3) is 5.93. The van der Waals surface area contributed by atoms with E-state index >= 15 is 0 Å². The Labute approximate surface area is 149 Å². The molecule has 134 valence electrons. The normalized spacial score (nSPS) is 16.7. The largest absolute Gasteiger partial charge is 0.376 e. The van der Waals surface area contributed by atoms with E-state index in [0.717, 1.165) is 30.6 Å². The number of hydrogen-bond donors (Lipinski definition) is 3. The summed E-state index contributed by atoms with van der Waals surface area (Å²) in [5.74, 6) is 0.307. The first-order valence-corrected chi connectivity index (χ1v) is 9.30.